The zero-order valence-corrected chi connectivity index (χ0v) is 10.3. The Morgan fingerprint density at radius 1 is 1.00 bits per heavy atom. The first kappa shape index (κ1) is 44.3. The van der Waals surface area contributed by atoms with Crippen LogP contribution in [0.25, 0.3) is 0 Å². The second kappa shape index (κ2) is 28.4. The molecule has 0 nitrogen and oxygen atoms in total. The average Bonchev–Trinajstić information content (AvgIpc) is 0. The molecule has 5 heavy (non-hydrogen) atoms. The molecular formula is H14BiGaGeSSe. The monoisotopic (exact) mass is 478 g/mol. The van der Waals surface area contributed by atoms with Gasteiger partial charge < -0.3 is 0 Å². The predicted octanol–water partition coefficient (Wildman–Crippen LogP) is -4.62. The summed E-state index contributed by atoms with van der Waals surface area (Å²) in [4.78, 5) is 0. The zero-order chi connectivity index (χ0) is 0. The van der Waals surface area contributed by atoms with E-state index in [9.17, 15) is 0 Å². The molecule has 0 aromatic carbocycles. The SMILES string of the molecule is S.[BiH3].[GaH3].[GeH4].[SeH2]. The number of hydrogen-bond acceptors (Lipinski definition) is 0. The Hall–Kier alpha value is 2.93. The molecule has 0 fully saturated rings. The van der Waals surface area contributed by atoms with Gasteiger partial charge in [-0.15, -0.1) is 0 Å². The normalized spacial score (nSPS) is 0. The molecule has 0 rings (SSSR count). The minimum atomic E-state index is 0. The molecule has 0 N–H and O–H groups in total. The van der Waals surface area contributed by atoms with Crippen molar-refractivity contribution in [3.63, 3.8) is 0 Å². The van der Waals surface area contributed by atoms with E-state index in [2.05, 4.69) is 0 Å². The van der Waals surface area contributed by atoms with E-state index < -0.39 is 0 Å². The van der Waals surface area contributed by atoms with Crippen LogP contribution < -0.4 is 0 Å². The van der Waals surface area contributed by atoms with E-state index in [1.54, 1.807) is 0 Å². The molecule has 0 heterocycles. The molecule has 0 aliphatic rings. The summed E-state index contributed by atoms with van der Waals surface area (Å²) in [6.45, 7) is 0. The van der Waals surface area contributed by atoms with Gasteiger partial charge in [0.1, 0.15) is 0 Å². The molecular weight excluding hydrogens is 462 g/mol. The second-order valence-corrected chi connectivity index (χ2v) is 0. The van der Waals surface area contributed by atoms with Gasteiger partial charge in [-0.2, -0.15) is 13.5 Å². The van der Waals surface area contributed by atoms with E-state index in [1.165, 1.54) is 0 Å². The molecule has 0 radical (unpaired) electrons. The maximum atomic E-state index is 0. The van der Waals surface area contributed by atoms with Crippen LogP contribution in [0.2, 0.25) is 0 Å². The van der Waals surface area contributed by atoms with Crippen LogP contribution >= 0.6 is 13.5 Å². The maximum absolute atomic E-state index is 0. The van der Waals surface area contributed by atoms with E-state index >= 15 is 0 Å². The third-order valence-electron chi connectivity index (χ3n) is 0. The van der Waals surface area contributed by atoms with E-state index in [0.717, 1.165) is 0 Å². The molecule has 38 valence electrons. The molecule has 0 aliphatic heterocycles. The van der Waals surface area contributed by atoms with Gasteiger partial charge in [0.15, 0.2) is 0 Å². The summed E-state index contributed by atoms with van der Waals surface area (Å²) in [6, 6.07) is 0. The van der Waals surface area contributed by atoms with Crippen LogP contribution in [0.3, 0.4) is 0 Å². The van der Waals surface area contributed by atoms with Gasteiger partial charge in [-0.25, -0.2) is 0 Å². The zero-order valence-electron chi connectivity index (χ0n) is 1.71. The first-order valence-corrected chi connectivity index (χ1v) is 0. The average molecular weight is 476 g/mol. The van der Waals surface area contributed by atoms with Gasteiger partial charge in [0.25, 0.3) is 0 Å². The van der Waals surface area contributed by atoms with E-state index in [4.69, 9.17) is 0 Å². The molecule has 0 aliphatic carbocycles. The van der Waals surface area contributed by atoms with E-state index in [0.29, 0.717) is 0 Å². The van der Waals surface area contributed by atoms with Gasteiger partial charge in [-0.05, 0) is 0 Å². The van der Waals surface area contributed by atoms with Crippen molar-refractivity contribution in [2.45, 2.75) is 0 Å². The summed E-state index contributed by atoms with van der Waals surface area (Å²) < 4.78 is 0. The van der Waals surface area contributed by atoms with Crippen molar-refractivity contribution in [3.05, 3.63) is 0 Å². The predicted molar refractivity (Wildman–Crippen MR) is 50.1 cm³/mol. The number of hydrogen-bond donors (Lipinski definition) is 0. The third kappa shape index (κ3) is 19.6. The van der Waals surface area contributed by atoms with Gasteiger partial charge in [0, 0.05) is 0 Å². The Kier molecular flexibility index (Phi) is 252. The van der Waals surface area contributed by atoms with Crippen LogP contribution in [-0.2, 0) is 0 Å². The Labute approximate surface area is 92.7 Å². The van der Waals surface area contributed by atoms with Crippen molar-refractivity contribution in [1.82, 2.24) is 0 Å². The molecule has 0 atom stereocenters. The van der Waals surface area contributed by atoms with Crippen molar-refractivity contribution in [2.75, 3.05) is 0 Å². The Morgan fingerprint density at radius 3 is 1.00 bits per heavy atom. The molecule has 0 bridgehead atoms. The standard InChI is InChI=1S/Bi.Ga.GeH4.H2S.H2Se.6H/h;;1H4;2*1H2;;;;;;. The van der Waals surface area contributed by atoms with Gasteiger partial charge in [0.05, 0.1) is 0 Å². The summed E-state index contributed by atoms with van der Waals surface area (Å²) in [7, 11) is 0. The van der Waals surface area contributed by atoms with Crippen LogP contribution in [-0.4, -0.2) is 80.7 Å². The summed E-state index contributed by atoms with van der Waals surface area (Å²) in [6.07, 6.45) is 0. The fourth-order valence-electron chi connectivity index (χ4n) is 0. The van der Waals surface area contributed by atoms with Crippen molar-refractivity contribution >= 4 is 94.2 Å². The van der Waals surface area contributed by atoms with Crippen molar-refractivity contribution in [3.8, 4) is 0 Å². The first-order valence-electron chi connectivity index (χ1n) is 0. The van der Waals surface area contributed by atoms with Crippen molar-refractivity contribution in [2.24, 2.45) is 0 Å². The van der Waals surface area contributed by atoms with Gasteiger partial charge >= 0.3 is 80.7 Å². The molecule has 0 unspecified atom stereocenters. The minimum absolute atomic E-state index is 0. The van der Waals surface area contributed by atoms with Crippen LogP contribution in [0.15, 0.2) is 0 Å². The van der Waals surface area contributed by atoms with Crippen LogP contribution in [0, 0.1) is 0 Å². The Bertz CT molecular complexity index is 11.6. The molecule has 0 spiro atoms. The van der Waals surface area contributed by atoms with Crippen LogP contribution in [0.1, 0.15) is 0 Å². The molecule has 0 aromatic heterocycles. The first-order chi connectivity index (χ1) is 0. The van der Waals surface area contributed by atoms with Gasteiger partial charge in [-0.3, -0.25) is 0 Å². The Balaban J connectivity index is 0. The Morgan fingerprint density at radius 2 is 1.00 bits per heavy atom. The van der Waals surface area contributed by atoms with Gasteiger partial charge in [-0.1, -0.05) is 0 Å². The quantitative estimate of drug-likeness (QED) is 0.309. The molecule has 0 saturated carbocycles. The summed E-state index contributed by atoms with van der Waals surface area (Å²) in [5.41, 5.74) is 0. The summed E-state index contributed by atoms with van der Waals surface area (Å²) >= 11 is 0. The summed E-state index contributed by atoms with van der Waals surface area (Å²) in [5.74, 6) is 0. The van der Waals surface area contributed by atoms with Crippen LogP contribution in [0.5, 0.6) is 0 Å². The molecule has 5 heteroatoms. The number of rotatable bonds is 0. The molecule has 0 saturated heterocycles. The summed E-state index contributed by atoms with van der Waals surface area (Å²) in [5, 5.41) is 0. The third-order valence-corrected chi connectivity index (χ3v) is 0. The van der Waals surface area contributed by atoms with Crippen molar-refractivity contribution < 1.29 is 0 Å². The van der Waals surface area contributed by atoms with Crippen LogP contribution in [0.4, 0.5) is 0 Å². The fourth-order valence-corrected chi connectivity index (χ4v) is 0. The topological polar surface area (TPSA) is 0 Å². The fraction of sp³-hybridized carbons (Fsp3) is 0. The molecule has 0 aromatic rings. The second-order valence-electron chi connectivity index (χ2n) is 0. The van der Waals surface area contributed by atoms with E-state index in [-0.39, 0.29) is 94.2 Å². The molecule has 0 amide bonds. The van der Waals surface area contributed by atoms with Gasteiger partial charge in [0.2, 0.25) is 0 Å². The van der Waals surface area contributed by atoms with E-state index in [1.807, 2.05) is 0 Å². The van der Waals surface area contributed by atoms with Crippen molar-refractivity contribution in [1.29, 1.82) is 0 Å².